The van der Waals surface area contributed by atoms with Crippen LogP contribution >= 0.6 is 11.6 Å². The van der Waals surface area contributed by atoms with Crippen LogP contribution in [-0.2, 0) is 14.3 Å². The van der Waals surface area contributed by atoms with Crippen molar-refractivity contribution in [2.45, 2.75) is 18.4 Å². The third-order valence-electron chi connectivity index (χ3n) is 1.41. The molecule has 0 saturated heterocycles. The highest BCUT2D eigenvalue weighted by molar-refractivity contribution is 6.27. The van der Waals surface area contributed by atoms with Crippen molar-refractivity contribution >= 4 is 23.5 Å². The zero-order valence-electron chi connectivity index (χ0n) is 6.33. The van der Waals surface area contributed by atoms with Crippen LogP contribution in [0.2, 0.25) is 0 Å². The van der Waals surface area contributed by atoms with Gasteiger partial charge in [0.2, 0.25) is 5.06 Å². The van der Waals surface area contributed by atoms with Crippen molar-refractivity contribution in [3.8, 4) is 0 Å². The fourth-order valence-electron chi connectivity index (χ4n) is 0.940. The Hall–Kier alpha value is -1.03. The molecular formula is C7H7ClO4. The third kappa shape index (κ3) is 1.76. The van der Waals surface area contributed by atoms with Gasteiger partial charge in [0.1, 0.15) is 6.42 Å². The summed E-state index contributed by atoms with van der Waals surface area (Å²) in [4.78, 5) is 21.1. The average molecular weight is 191 g/mol. The molecule has 0 bridgehead atoms. The number of halogens is 1. The normalized spacial score (nSPS) is 28.2. The first-order valence-corrected chi connectivity index (χ1v) is 3.64. The highest BCUT2D eigenvalue weighted by atomic mass is 35.5. The van der Waals surface area contributed by atoms with Gasteiger partial charge in [0, 0.05) is 5.57 Å². The molecule has 0 aromatic rings. The number of carbonyl (C=O) groups is 2. The van der Waals surface area contributed by atoms with Crippen LogP contribution in [0.25, 0.3) is 0 Å². The topological polar surface area (TPSA) is 63.6 Å². The monoisotopic (exact) mass is 190 g/mol. The highest BCUT2D eigenvalue weighted by Crippen LogP contribution is 2.31. The van der Waals surface area contributed by atoms with Gasteiger partial charge in [0.15, 0.2) is 0 Å². The minimum absolute atomic E-state index is 0.339. The number of rotatable bonds is 2. The molecule has 1 N–H and O–H groups in total. The van der Waals surface area contributed by atoms with Crippen LogP contribution in [0.3, 0.4) is 0 Å². The molecule has 1 aliphatic heterocycles. The molecule has 1 rings (SSSR count). The maximum atomic E-state index is 10.8. The van der Waals surface area contributed by atoms with Gasteiger partial charge in [-0.1, -0.05) is 11.6 Å². The van der Waals surface area contributed by atoms with Gasteiger partial charge in [0.05, 0.1) is 0 Å². The van der Waals surface area contributed by atoms with Crippen LogP contribution in [0.1, 0.15) is 13.3 Å². The Morgan fingerprint density at radius 2 is 2.42 bits per heavy atom. The molecule has 0 amide bonds. The van der Waals surface area contributed by atoms with E-state index in [1.807, 2.05) is 0 Å². The molecule has 0 radical (unpaired) electrons. The average Bonchev–Trinajstić information content (AvgIpc) is 2.04. The number of carbonyl (C=O) groups excluding carboxylic acids is 1. The molecule has 0 fully saturated rings. The zero-order valence-corrected chi connectivity index (χ0v) is 7.09. The van der Waals surface area contributed by atoms with Crippen molar-refractivity contribution in [2.24, 2.45) is 0 Å². The Bertz CT molecular complexity index is 271. The highest BCUT2D eigenvalue weighted by Gasteiger charge is 2.38. The fraction of sp³-hybridized carbons (Fsp3) is 0.429. The van der Waals surface area contributed by atoms with Crippen molar-refractivity contribution in [1.82, 2.24) is 0 Å². The van der Waals surface area contributed by atoms with Crippen LogP contribution in [-0.4, -0.2) is 22.1 Å². The van der Waals surface area contributed by atoms with E-state index in [1.54, 1.807) is 0 Å². The van der Waals surface area contributed by atoms with E-state index in [4.69, 9.17) is 16.7 Å². The molecule has 1 aliphatic rings. The molecule has 5 heteroatoms. The number of carboxylic acid groups (broad SMARTS) is 1. The first kappa shape index (κ1) is 9.06. The molecule has 0 aromatic carbocycles. The van der Waals surface area contributed by atoms with E-state index >= 15 is 0 Å². The standard InChI is InChI=1S/C7H7ClO4/c1-4-2-7(8,3-5(9)10)12-6(4)11/h2H,3H2,1H3,(H,9,10). The second kappa shape index (κ2) is 2.79. The second-order valence-corrected chi connectivity index (χ2v) is 3.21. The number of hydrogen-bond acceptors (Lipinski definition) is 3. The maximum absolute atomic E-state index is 10.8. The minimum Gasteiger partial charge on any atom is -0.481 e. The zero-order chi connectivity index (χ0) is 9.35. The lowest BCUT2D eigenvalue weighted by Gasteiger charge is -2.14. The van der Waals surface area contributed by atoms with Gasteiger partial charge >= 0.3 is 11.9 Å². The summed E-state index contributed by atoms with van der Waals surface area (Å²) in [7, 11) is 0. The number of esters is 1. The van der Waals surface area contributed by atoms with Gasteiger partial charge < -0.3 is 9.84 Å². The van der Waals surface area contributed by atoms with Crippen molar-refractivity contribution in [1.29, 1.82) is 0 Å². The number of alkyl halides is 1. The van der Waals surface area contributed by atoms with Crippen molar-refractivity contribution in [3.05, 3.63) is 11.6 Å². The number of hydrogen-bond donors (Lipinski definition) is 1. The predicted octanol–water partition coefficient (Wildman–Crippen LogP) is 0.899. The van der Waals surface area contributed by atoms with Gasteiger partial charge in [-0.25, -0.2) is 4.79 Å². The van der Waals surface area contributed by atoms with Gasteiger partial charge in [-0.15, -0.1) is 0 Å². The second-order valence-electron chi connectivity index (χ2n) is 2.57. The van der Waals surface area contributed by atoms with Crippen LogP contribution in [0.5, 0.6) is 0 Å². The summed E-state index contributed by atoms with van der Waals surface area (Å²) in [5.74, 6) is -1.67. The Kier molecular flexibility index (Phi) is 2.10. The van der Waals surface area contributed by atoms with Crippen molar-refractivity contribution in [2.75, 3.05) is 0 Å². The van der Waals surface area contributed by atoms with E-state index < -0.39 is 23.4 Å². The molecule has 0 aliphatic carbocycles. The van der Waals surface area contributed by atoms with E-state index in [2.05, 4.69) is 4.74 Å². The molecule has 1 atom stereocenters. The molecule has 1 heterocycles. The van der Waals surface area contributed by atoms with Crippen LogP contribution < -0.4 is 0 Å². The predicted molar refractivity (Wildman–Crippen MR) is 40.7 cm³/mol. The van der Waals surface area contributed by atoms with E-state index in [-0.39, 0.29) is 0 Å². The molecule has 0 saturated carbocycles. The van der Waals surface area contributed by atoms with E-state index in [9.17, 15) is 9.59 Å². The van der Waals surface area contributed by atoms with Gasteiger partial charge in [-0.3, -0.25) is 4.79 Å². The molecule has 0 spiro atoms. The summed E-state index contributed by atoms with van der Waals surface area (Å²) >= 11 is 5.66. The summed E-state index contributed by atoms with van der Waals surface area (Å²) in [5.41, 5.74) is 0.339. The molecule has 12 heavy (non-hydrogen) atoms. The number of cyclic esters (lactones) is 1. The SMILES string of the molecule is CC1=CC(Cl)(CC(=O)O)OC1=O. The van der Waals surface area contributed by atoms with E-state index in [1.165, 1.54) is 13.0 Å². The summed E-state index contributed by atoms with van der Waals surface area (Å²) in [6.07, 6.45) is 0.892. The van der Waals surface area contributed by atoms with Crippen LogP contribution in [0.4, 0.5) is 0 Å². The molecular weight excluding hydrogens is 184 g/mol. The lowest BCUT2D eigenvalue weighted by molar-refractivity contribution is -0.147. The van der Waals surface area contributed by atoms with Gasteiger partial charge in [-0.2, -0.15) is 0 Å². The largest absolute Gasteiger partial charge is 0.481 e. The van der Waals surface area contributed by atoms with Gasteiger partial charge in [0.25, 0.3) is 0 Å². The molecule has 4 nitrogen and oxygen atoms in total. The minimum atomic E-state index is -1.48. The summed E-state index contributed by atoms with van der Waals surface area (Å²) in [5, 5.41) is 6.93. The number of aliphatic carboxylic acids is 1. The van der Waals surface area contributed by atoms with Crippen molar-refractivity contribution in [3.63, 3.8) is 0 Å². The number of ether oxygens (including phenoxy) is 1. The Morgan fingerprint density at radius 3 is 2.75 bits per heavy atom. The fourth-order valence-corrected chi connectivity index (χ4v) is 1.29. The molecule has 0 aromatic heterocycles. The first-order valence-electron chi connectivity index (χ1n) is 3.26. The summed E-state index contributed by atoms with van der Waals surface area (Å²) in [6, 6.07) is 0. The van der Waals surface area contributed by atoms with E-state index in [0.717, 1.165) is 0 Å². The number of carboxylic acids is 1. The molecule has 1 unspecified atom stereocenters. The maximum Gasteiger partial charge on any atom is 0.335 e. The molecule has 66 valence electrons. The van der Waals surface area contributed by atoms with Crippen molar-refractivity contribution < 1.29 is 19.4 Å². The first-order chi connectivity index (χ1) is 5.43. The smallest absolute Gasteiger partial charge is 0.335 e. The van der Waals surface area contributed by atoms with Crippen LogP contribution in [0.15, 0.2) is 11.6 Å². The Balaban J connectivity index is 2.77. The lowest BCUT2D eigenvalue weighted by atomic mass is 10.2. The quantitative estimate of drug-likeness (QED) is 0.519. The Morgan fingerprint density at radius 1 is 1.83 bits per heavy atom. The van der Waals surface area contributed by atoms with Crippen LogP contribution in [0, 0.1) is 0 Å². The summed E-state index contributed by atoms with van der Waals surface area (Å²) in [6.45, 7) is 1.52. The van der Waals surface area contributed by atoms with Gasteiger partial charge in [-0.05, 0) is 13.0 Å². The summed E-state index contributed by atoms with van der Waals surface area (Å²) < 4.78 is 4.62. The van der Waals surface area contributed by atoms with E-state index in [0.29, 0.717) is 5.57 Å². The third-order valence-corrected chi connectivity index (χ3v) is 1.73. The lowest BCUT2D eigenvalue weighted by Crippen LogP contribution is -2.24. The Labute approximate surface area is 73.8 Å².